The van der Waals surface area contributed by atoms with E-state index in [2.05, 4.69) is 32.9 Å². The van der Waals surface area contributed by atoms with Crippen LogP contribution in [-0.2, 0) is 16.6 Å². The SMILES string of the molecule is CC1(CNS(=O)(=O)c2cc(CNC3CC3)ccc2Br)CC1. The van der Waals surface area contributed by atoms with Crippen molar-refractivity contribution in [1.82, 2.24) is 10.0 Å². The van der Waals surface area contributed by atoms with Gasteiger partial charge in [0.15, 0.2) is 0 Å². The van der Waals surface area contributed by atoms with Crippen molar-refractivity contribution in [2.75, 3.05) is 6.54 Å². The van der Waals surface area contributed by atoms with Gasteiger partial charge in [-0.3, -0.25) is 0 Å². The molecule has 2 fully saturated rings. The summed E-state index contributed by atoms with van der Waals surface area (Å²) >= 11 is 3.36. The molecule has 2 aliphatic rings. The molecule has 0 bridgehead atoms. The lowest BCUT2D eigenvalue weighted by Gasteiger charge is -2.13. The number of hydrogen-bond acceptors (Lipinski definition) is 3. The summed E-state index contributed by atoms with van der Waals surface area (Å²) < 4.78 is 28.3. The molecule has 2 saturated carbocycles. The van der Waals surface area contributed by atoms with Crippen LogP contribution in [0.25, 0.3) is 0 Å². The predicted octanol–water partition coefficient (Wildman–Crippen LogP) is 2.78. The van der Waals surface area contributed by atoms with E-state index in [0.717, 1.165) is 24.9 Å². The van der Waals surface area contributed by atoms with Crippen molar-refractivity contribution in [3.05, 3.63) is 28.2 Å². The van der Waals surface area contributed by atoms with Crippen molar-refractivity contribution < 1.29 is 8.42 Å². The second kappa shape index (κ2) is 5.65. The molecular formula is C15H21BrN2O2S. The molecule has 116 valence electrons. The molecule has 1 aromatic carbocycles. The van der Waals surface area contributed by atoms with Crippen molar-refractivity contribution in [3.63, 3.8) is 0 Å². The van der Waals surface area contributed by atoms with Crippen LogP contribution >= 0.6 is 15.9 Å². The van der Waals surface area contributed by atoms with Crippen molar-refractivity contribution in [1.29, 1.82) is 0 Å². The summed E-state index contributed by atoms with van der Waals surface area (Å²) in [6.07, 6.45) is 4.65. The molecule has 1 aromatic rings. The zero-order chi connectivity index (χ0) is 15.1. The maximum absolute atomic E-state index is 12.5. The molecular weight excluding hydrogens is 352 g/mol. The highest BCUT2D eigenvalue weighted by Gasteiger charge is 2.38. The summed E-state index contributed by atoms with van der Waals surface area (Å²) in [7, 11) is -3.45. The highest BCUT2D eigenvalue weighted by atomic mass is 79.9. The first-order chi connectivity index (χ1) is 9.88. The van der Waals surface area contributed by atoms with Crippen molar-refractivity contribution in [2.24, 2.45) is 5.41 Å². The number of benzene rings is 1. The van der Waals surface area contributed by atoms with Crippen LogP contribution in [0, 0.1) is 5.41 Å². The maximum atomic E-state index is 12.5. The Bertz CT molecular complexity index is 637. The second-order valence-corrected chi connectivity index (χ2v) is 9.14. The van der Waals surface area contributed by atoms with Gasteiger partial charge in [0.2, 0.25) is 10.0 Å². The van der Waals surface area contributed by atoms with Gasteiger partial charge in [0.05, 0.1) is 4.90 Å². The van der Waals surface area contributed by atoms with E-state index in [-0.39, 0.29) is 5.41 Å². The van der Waals surface area contributed by atoms with Crippen molar-refractivity contribution >= 4 is 26.0 Å². The fourth-order valence-corrected chi connectivity index (χ4v) is 4.36. The van der Waals surface area contributed by atoms with Gasteiger partial charge in [0.1, 0.15) is 0 Å². The van der Waals surface area contributed by atoms with Crippen LogP contribution < -0.4 is 10.0 Å². The third kappa shape index (κ3) is 4.06. The summed E-state index contributed by atoms with van der Waals surface area (Å²) in [5.74, 6) is 0. The highest BCUT2D eigenvalue weighted by Crippen LogP contribution is 2.44. The van der Waals surface area contributed by atoms with Gasteiger partial charge in [-0.25, -0.2) is 13.1 Å². The normalized spacial score (nSPS) is 20.5. The summed E-state index contributed by atoms with van der Waals surface area (Å²) in [6.45, 7) is 3.35. The molecule has 2 aliphatic carbocycles. The molecule has 0 unspecified atom stereocenters. The first-order valence-corrected chi connectivity index (χ1v) is 9.67. The fourth-order valence-electron chi connectivity index (χ4n) is 2.15. The Morgan fingerprint density at radius 1 is 1.33 bits per heavy atom. The van der Waals surface area contributed by atoms with Gasteiger partial charge in [0.25, 0.3) is 0 Å². The molecule has 0 heterocycles. The monoisotopic (exact) mass is 372 g/mol. The molecule has 0 amide bonds. The first-order valence-electron chi connectivity index (χ1n) is 7.40. The fraction of sp³-hybridized carbons (Fsp3) is 0.600. The lowest BCUT2D eigenvalue weighted by atomic mass is 10.2. The lowest BCUT2D eigenvalue weighted by Crippen LogP contribution is -2.29. The molecule has 4 nitrogen and oxygen atoms in total. The Morgan fingerprint density at radius 3 is 2.67 bits per heavy atom. The molecule has 0 radical (unpaired) electrons. The summed E-state index contributed by atoms with van der Waals surface area (Å²) in [6, 6.07) is 6.15. The van der Waals surface area contributed by atoms with E-state index < -0.39 is 10.0 Å². The van der Waals surface area contributed by atoms with Crippen molar-refractivity contribution in [2.45, 2.75) is 50.1 Å². The van der Waals surface area contributed by atoms with Crippen LogP contribution in [0.3, 0.4) is 0 Å². The van der Waals surface area contributed by atoms with Crippen LogP contribution in [0.2, 0.25) is 0 Å². The van der Waals surface area contributed by atoms with E-state index >= 15 is 0 Å². The molecule has 0 aromatic heterocycles. The number of nitrogens with one attached hydrogen (secondary N) is 2. The van der Waals surface area contributed by atoms with Crippen LogP contribution in [0.4, 0.5) is 0 Å². The Kier molecular flexibility index (Phi) is 4.16. The molecule has 3 rings (SSSR count). The molecule has 0 spiro atoms. The van der Waals surface area contributed by atoms with E-state index in [4.69, 9.17) is 0 Å². The predicted molar refractivity (Wildman–Crippen MR) is 86.5 cm³/mol. The zero-order valence-corrected chi connectivity index (χ0v) is 14.6. The van der Waals surface area contributed by atoms with E-state index in [0.29, 0.717) is 22.0 Å². The number of sulfonamides is 1. The smallest absolute Gasteiger partial charge is 0.241 e. The number of halogens is 1. The Morgan fingerprint density at radius 2 is 2.05 bits per heavy atom. The number of hydrogen-bond donors (Lipinski definition) is 2. The van der Waals surface area contributed by atoms with Gasteiger partial charge in [0, 0.05) is 23.6 Å². The average molecular weight is 373 g/mol. The Labute approximate surface area is 134 Å². The third-order valence-electron chi connectivity index (χ3n) is 4.25. The van der Waals surface area contributed by atoms with Crippen LogP contribution in [0.1, 0.15) is 38.2 Å². The van der Waals surface area contributed by atoms with Crippen LogP contribution in [0.5, 0.6) is 0 Å². The van der Waals surface area contributed by atoms with Crippen molar-refractivity contribution in [3.8, 4) is 0 Å². The summed E-state index contributed by atoms with van der Waals surface area (Å²) in [5, 5.41) is 3.41. The molecule has 0 saturated heterocycles. The van der Waals surface area contributed by atoms with Gasteiger partial charge in [-0.2, -0.15) is 0 Å². The molecule has 21 heavy (non-hydrogen) atoms. The molecule has 0 atom stereocenters. The minimum absolute atomic E-state index is 0.157. The van der Waals surface area contributed by atoms with E-state index in [1.807, 2.05) is 12.1 Å². The van der Waals surface area contributed by atoms with Gasteiger partial charge < -0.3 is 5.32 Å². The van der Waals surface area contributed by atoms with Gasteiger partial charge >= 0.3 is 0 Å². The first kappa shape index (κ1) is 15.5. The second-order valence-electron chi connectivity index (χ2n) is 6.56. The quantitative estimate of drug-likeness (QED) is 0.773. The molecule has 2 N–H and O–H groups in total. The van der Waals surface area contributed by atoms with E-state index in [9.17, 15) is 8.42 Å². The topological polar surface area (TPSA) is 58.2 Å². The minimum Gasteiger partial charge on any atom is -0.310 e. The van der Waals surface area contributed by atoms with Gasteiger partial charge in [-0.15, -0.1) is 0 Å². The Balaban J connectivity index is 1.73. The van der Waals surface area contributed by atoms with Gasteiger partial charge in [-0.1, -0.05) is 13.0 Å². The van der Waals surface area contributed by atoms with E-state index in [1.165, 1.54) is 12.8 Å². The van der Waals surface area contributed by atoms with Gasteiger partial charge in [-0.05, 0) is 64.7 Å². The van der Waals surface area contributed by atoms with Crippen LogP contribution in [0.15, 0.2) is 27.6 Å². The maximum Gasteiger partial charge on any atom is 0.241 e. The number of rotatable bonds is 7. The summed E-state index contributed by atoms with van der Waals surface area (Å²) in [4.78, 5) is 0.335. The zero-order valence-electron chi connectivity index (χ0n) is 12.2. The van der Waals surface area contributed by atoms with E-state index in [1.54, 1.807) is 6.07 Å². The summed E-state index contributed by atoms with van der Waals surface area (Å²) in [5.41, 5.74) is 1.16. The lowest BCUT2D eigenvalue weighted by molar-refractivity contribution is 0.530. The average Bonchev–Trinajstić information content (AvgIpc) is 3.34. The highest BCUT2D eigenvalue weighted by molar-refractivity contribution is 9.10. The standard InChI is InChI=1S/C15H21BrN2O2S/c1-15(6-7-15)10-18-21(19,20)14-8-11(2-5-13(14)16)9-17-12-3-4-12/h2,5,8,12,17-18H,3-4,6-7,9-10H2,1H3. The molecule has 6 heteroatoms. The largest absolute Gasteiger partial charge is 0.310 e. The minimum atomic E-state index is -3.45. The Hall–Kier alpha value is -0.430. The molecule has 0 aliphatic heterocycles. The third-order valence-corrected chi connectivity index (χ3v) is 6.64. The van der Waals surface area contributed by atoms with Crippen LogP contribution in [-0.4, -0.2) is 21.0 Å².